The zero-order valence-electron chi connectivity index (χ0n) is 8.84. The molecule has 1 aromatic carbocycles. The zero-order valence-corrected chi connectivity index (χ0v) is 10.4. The van der Waals surface area contributed by atoms with Crippen molar-refractivity contribution in [2.45, 2.75) is 6.92 Å². The minimum Gasteiger partial charge on any atom is -0.496 e. The molecule has 0 aliphatic rings. The number of ether oxygens (including phenoxy) is 1. The molecule has 0 saturated carbocycles. The molecule has 0 saturated heterocycles. The molecule has 0 fully saturated rings. The number of methoxy groups -OCH3 is 1. The van der Waals surface area contributed by atoms with Crippen LogP contribution in [0.2, 0.25) is 5.02 Å². The highest BCUT2D eigenvalue weighted by molar-refractivity contribution is 6.52. The maximum absolute atomic E-state index is 11.7. The van der Waals surface area contributed by atoms with Gasteiger partial charge in [0.1, 0.15) is 5.75 Å². The maximum atomic E-state index is 11.7. The minimum atomic E-state index is -0.683. The number of benzene rings is 1. The number of ketones is 2. The summed E-state index contributed by atoms with van der Waals surface area (Å²) in [4.78, 5) is 22.9. The predicted octanol–water partition coefficient (Wildman–Crippen LogP) is 2.65. The minimum absolute atomic E-state index is 0.151. The first kappa shape index (κ1) is 13.0. The van der Waals surface area contributed by atoms with Crippen LogP contribution in [-0.2, 0) is 4.79 Å². The van der Waals surface area contributed by atoms with Crippen molar-refractivity contribution < 1.29 is 14.3 Å². The molecule has 0 atom stereocenters. The van der Waals surface area contributed by atoms with Crippen molar-refractivity contribution in [3.8, 4) is 5.75 Å². The lowest BCUT2D eigenvalue weighted by Gasteiger charge is -2.10. The van der Waals surface area contributed by atoms with Gasteiger partial charge in [-0.15, -0.1) is 11.6 Å². The van der Waals surface area contributed by atoms with Crippen LogP contribution in [0.5, 0.6) is 5.75 Å². The van der Waals surface area contributed by atoms with Gasteiger partial charge >= 0.3 is 0 Å². The number of carbonyl (C=O) groups excluding carboxylic acids is 2. The summed E-state index contributed by atoms with van der Waals surface area (Å²) in [5, 5.41) is 0.379. The number of rotatable bonds is 4. The SMILES string of the molecule is COc1c(C)cc(Cl)cc1C(=O)C(=O)CCl. The van der Waals surface area contributed by atoms with E-state index in [1.807, 2.05) is 0 Å². The van der Waals surface area contributed by atoms with Crippen LogP contribution in [0.3, 0.4) is 0 Å². The van der Waals surface area contributed by atoms with Crippen LogP contribution < -0.4 is 4.74 Å². The van der Waals surface area contributed by atoms with E-state index in [0.717, 1.165) is 0 Å². The van der Waals surface area contributed by atoms with Crippen molar-refractivity contribution in [1.29, 1.82) is 0 Å². The van der Waals surface area contributed by atoms with E-state index in [4.69, 9.17) is 27.9 Å². The van der Waals surface area contributed by atoms with E-state index in [-0.39, 0.29) is 11.4 Å². The summed E-state index contributed by atoms with van der Waals surface area (Å²) >= 11 is 11.1. The van der Waals surface area contributed by atoms with Gasteiger partial charge in [-0.1, -0.05) is 11.6 Å². The third-order valence-corrected chi connectivity index (χ3v) is 2.52. The summed E-state index contributed by atoms with van der Waals surface area (Å²) in [5.41, 5.74) is 0.846. The Morgan fingerprint density at radius 2 is 2.00 bits per heavy atom. The molecule has 0 spiro atoms. The molecule has 3 nitrogen and oxygen atoms in total. The first-order valence-electron chi connectivity index (χ1n) is 4.49. The van der Waals surface area contributed by atoms with Crippen molar-refractivity contribution in [3.63, 3.8) is 0 Å². The van der Waals surface area contributed by atoms with Crippen LogP contribution in [0.25, 0.3) is 0 Å². The molecule has 0 bridgehead atoms. The number of carbonyl (C=O) groups is 2. The van der Waals surface area contributed by atoms with Crippen molar-refractivity contribution in [3.05, 3.63) is 28.3 Å². The van der Waals surface area contributed by atoms with E-state index in [0.29, 0.717) is 16.3 Å². The van der Waals surface area contributed by atoms with Crippen molar-refractivity contribution in [2.24, 2.45) is 0 Å². The molecule has 0 aliphatic heterocycles. The molecule has 0 N–H and O–H groups in total. The second kappa shape index (κ2) is 5.32. The first-order chi connectivity index (χ1) is 7.51. The van der Waals surface area contributed by atoms with Crippen molar-refractivity contribution in [1.82, 2.24) is 0 Å². The Labute approximate surface area is 103 Å². The Morgan fingerprint density at radius 1 is 1.38 bits per heavy atom. The Morgan fingerprint density at radius 3 is 2.50 bits per heavy atom. The molecular formula is C11H10Cl2O3. The van der Waals surface area contributed by atoms with E-state index in [1.165, 1.54) is 13.2 Å². The van der Waals surface area contributed by atoms with Gasteiger partial charge in [0.15, 0.2) is 0 Å². The molecule has 16 heavy (non-hydrogen) atoms. The molecule has 0 unspecified atom stereocenters. The Kier molecular flexibility index (Phi) is 4.33. The second-order valence-corrected chi connectivity index (χ2v) is 3.89. The van der Waals surface area contributed by atoms with Crippen LogP contribution in [0.15, 0.2) is 12.1 Å². The lowest BCUT2D eigenvalue weighted by molar-refractivity contribution is -0.112. The maximum Gasteiger partial charge on any atom is 0.233 e. The van der Waals surface area contributed by atoms with Crippen LogP contribution in [-0.4, -0.2) is 24.6 Å². The van der Waals surface area contributed by atoms with Crippen LogP contribution in [0.1, 0.15) is 15.9 Å². The highest BCUT2D eigenvalue weighted by Gasteiger charge is 2.21. The topological polar surface area (TPSA) is 43.4 Å². The van der Waals surface area contributed by atoms with Gasteiger partial charge in [0.05, 0.1) is 18.6 Å². The molecular weight excluding hydrogens is 251 g/mol. The number of aryl methyl sites for hydroxylation is 1. The van der Waals surface area contributed by atoms with Gasteiger partial charge in [-0.3, -0.25) is 9.59 Å². The summed E-state index contributed by atoms with van der Waals surface area (Å²) in [6.45, 7) is 1.74. The number of halogens is 2. The average molecular weight is 261 g/mol. The summed E-state index contributed by atoms with van der Waals surface area (Å²) in [6, 6.07) is 3.06. The van der Waals surface area contributed by atoms with Gasteiger partial charge in [0, 0.05) is 5.02 Å². The molecule has 1 rings (SSSR count). The average Bonchev–Trinajstić information content (AvgIpc) is 2.26. The fraction of sp³-hybridized carbons (Fsp3) is 0.273. The smallest absolute Gasteiger partial charge is 0.233 e. The predicted molar refractivity (Wildman–Crippen MR) is 62.8 cm³/mol. The summed E-state index contributed by atoms with van der Waals surface area (Å²) in [7, 11) is 1.43. The van der Waals surface area contributed by atoms with Gasteiger partial charge < -0.3 is 4.74 Å². The molecule has 0 aliphatic carbocycles. The third-order valence-electron chi connectivity index (χ3n) is 2.06. The van der Waals surface area contributed by atoms with Crippen LogP contribution in [0.4, 0.5) is 0 Å². The lowest BCUT2D eigenvalue weighted by atomic mass is 10.0. The van der Waals surface area contributed by atoms with E-state index >= 15 is 0 Å². The van der Waals surface area contributed by atoms with E-state index in [1.54, 1.807) is 13.0 Å². The summed E-state index contributed by atoms with van der Waals surface area (Å²) in [5.74, 6) is -1.36. The number of alkyl halides is 1. The fourth-order valence-corrected chi connectivity index (χ4v) is 1.77. The Bertz CT molecular complexity index is 441. The number of hydrogen-bond acceptors (Lipinski definition) is 3. The van der Waals surface area contributed by atoms with E-state index in [9.17, 15) is 9.59 Å². The highest BCUT2D eigenvalue weighted by atomic mass is 35.5. The first-order valence-corrected chi connectivity index (χ1v) is 5.40. The van der Waals surface area contributed by atoms with E-state index in [2.05, 4.69) is 0 Å². The molecule has 1 aromatic rings. The fourth-order valence-electron chi connectivity index (χ4n) is 1.38. The second-order valence-electron chi connectivity index (χ2n) is 3.19. The van der Waals surface area contributed by atoms with Crippen molar-refractivity contribution in [2.75, 3.05) is 13.0 Å². The molecule has 0 radical (unpaired) electrons. The van der Waals surface area contributed by atoms with Gasteiger partial charge in [0.25, 0.3) is 0 Å². The van der Waals surface area contributed by atoms with Crippen LogP contribution in [0, 0.1) is 6.92 Å². The largest absolute Gasteiger partial charge is 0.496 e. The third kappa shape index (κ3) is 2.54. The molecule has 5 heteroatoms. The van der Waals surface area contributed by atoms with Gasteiger partial charge in [0.2, 0.25) is 11.6 Å². The summed E-state index contributed by atoms with van der Waals surface area (Å²) in [6.07, 6.45) is 0. The highest BCUT2D eigenvalue weighted by Crippen LogP contribution is 2.28. The van der Waals surface area contributed by atoms with Gasteiger partial charge in [-0.25, -0.2) is 0 Å². The normalized spacial score (nSPS) is 10.0. The Hall–Kier alpha value is -1.06. The van der Waals surface area contributed by atoms with Crippen LogP contribution >= 0.6 is 23.2 Å². The van der Waals surface area contributed by atoms with Gasteiger partial charge in [-0.05, 0) is 24.6 Å². The zero-order chi connectivity index (χ0) is 12.3. The van der Waals surface area contributed by atoms with E-state index < -0.39 is 11.6 Å². The van der Waals surface area contributed by atoms with Gasteiger partial charge in [-0.2, -0.15) is 0 Å². The quantitative estimate of drug-likeness (QED) is 0.475. The number of hydrogen-bond donors (Lipinski definition) is 0. The molecule has 0 heterocycles. The molecule has 86 valence electrons. The lowest BCUT2D eigenvalue weighted by Crippen LogP contribution is -2.16. The molecule has 0 aromatic heterocycles. The molecule has 0 amide bonds. The summed E-state index contributed by atoms with van der Waals surface area (Å²) < 4.78 is 5.07. The number of Topliss-reactive ketones (excluding diaryl/α,β-unsaturated/α-hetero) is 2. The Balaban J connectivity index is 3.31. The standard InChI is InChI=1S/C11H10Cl2O3/c1-6-3-7(13)4-8(11(6)16-2)10(15)9(14)5-12/h3-4H,5H2,1-2H3. The monoisotopic (exact) mass is 260 g/mol. The van der Waals surface area contributed by atoms with Crippen molar-refractivity contribution >= 4 is 34.8 Å².